The molecule has 0 spiro atoms. The summed E-state index contributed by atoms with van der Waals surface area (Å²) in [6.45, 7) is 1.82. The molecule has 0 saturated heterocycles. The lowest BCUT2D eigenvalue weighted by atomic mass is 9.79. The second-order valence-electron chi connectivity index (χ2n) is 8.37. The number of nitrogens with zero attached hydrogens (tertiary/aromatic N) is 2. The molecule has 0 fully saturated rings. The van der Waals surface area contributed by atoms with Gasteiger partial charge in [0.2, 0.25) is 5.91 Å². The van der Waals surface area contributed by atoms with Crippen LogP contribution in [0.15, 0.2) is 91.0 Å². The number of hydrogen-bond donors (Lipinski definition) is 1. The number of rotatable bonds is 4. The van der Waals surface area contributed by atoms with Crippen LogP contribution in [0.5, 0.6) is 0 Å². The number of carbonyl (C=O) groups is 2. The Morgan fingerprint density at radius 3 is 2.20 bits per heavy atom. The van der Waals surface area contributed by atoms with Crippen LogP contribution < -0.4 is 10.2 Å². The second-order valence-corrected chi connectivity index (χ2v) is 8.37. The third-order valence-electron chi connectivity index (χ3n) is 6.08. The summed E-state index contributed by atoms with van der Waals surface area (Å²) in [5.41, 5.74) is 2.65. The minimum absolute atomic E-state index is 0.334. The molecule has 4 aromatic rings. The van der Waals surface area contributed by atoms with Gasteiger partial charge < -0.3 is 5.32 Å². The van der Waals surface area contributed by atoms with Gasteiger partial charge in [-0.15, -0.1) is 0 Å². The number of fused-ring (bicyclic) bond motifs is 1. The first kappa shape index (κ1) is 22.4. The first-order valence-corrected chi connectivity index (χ1v) is 11.1. The summed E-state index contributed by atoms with van der Waals surface area (Å²) < 4.78 is 27.5. The zero-order chi connectivity index (χ0) is 24.5. The molecule has 35 heavy (non-hydrogen) atoms. The van der Waals surface area contributed by atoms with Crippen molar-refractivity contribution in [1.82, 2.24) is 4.98 Å². The second kappa shape index (κ2) is 9.10. The average Bonchev–Trinajstić information content (AvgIpc) is 2.85. The van der Waals surface area contributed by atoms with Crippen molar-refractivity contribution in [1.29, 1.82) is 0 Å². The van der Waals surface area contributed by atoms with E-state index in [9.17, 15) is 18.4 Å². The Kier molecular flexibility index (Phi) is 5.82. The molecular formula is C28H21F2N3O2. The zero-order valence-electron chi connectivity index (χ0n) is 18.8. The van der Waals surface area contributed by atoms with Crippen LogP contribution in [-0.4, -0.2) is 16.8 Å². The highest BCUT2D eigenvalue weighted by Gasteiger charge is 2.45. The smallest absolute Gasteiger partial charge is 0.259 e. The van der Waals surface area contributed by atoms with E-state index in [-0.39, 0.29) is 11.8 Å². The van der Waals surface area contributed by atoms with Gasteiger partial charge >= 0.3 is 0 Å². The molecule has 7 heteroatoms. The maximum absolute atomic E-state index is 13.8. The number of anilines is 2. The topological polar surface area (TPSA) is 62.3 Å². The number of carbonyl (C=O) groups excluding carboxylic acids is 2. The number of hydrogen-bond acceptors (Lipinski definition) is 3. The van der Waals surface area contributed by atoms with E-state index in [0.717, 1.165) is 5.69 Å². The SMILES string of the molecule is Cc1cccc(NC(=O)[C@H]2c3ccccc3C(=O)N(c3ccc(F)cc3)[C@@H]2c2ccc(F)cc2)n1. The van der Waals surface area contributed by atoms with Gasteiger partial charge in [0.1, 0.15) is 17.5 Å². The predicted molar refractivity (Wildman–Crippen MR) is 129 cm³/mol. The van der Waals surface area contributed by atoms with E-state index in [1.54, 1.807) is 48.5 Å². The van der Waals surface area contributed by atoms with Gasteiger partial charge in [0.15, 0.2) is 0 Å². The molecule has 0 radical (unpaired) electrons. The minimum atomic E-state index is -0.846. The van der Waals surface area contributed by atoms with E-state index in [1.165, 1.54) is 41.3 Å². The van der Waals surface area contributed by atoms with Crippen molar-refractivity contribution >= 4 is 23.3 Å². The fourth-order valence-electron chi connectivity index (χ4n) is 4.52. The molecule has 5 nitrogen and oxygen atoms in total. The molecule has 1 N–H and O–H groups in total. The normalized spacial score (nSPS) is 17.1. The molecule has 2 heterocycles. The lowest BCUT2D eigenvalue weighted by Gasteiger charge is -2.41. The molecule has 3 aromatic carbocycles. The highest BCUT2D eigenvalue weighted by molar-refractivity contribution is 6.12. The van der Waals surface area contributed by atoms with Crippen molar-refractivity contribution in [3.63, 3.8) is 0 Å². The van der Waals surface area contributed by atoms with Gasteiger partial charge in [-0.2, -0.15) is 0 Å². The first-order chi connectivity index (χ1) is 16.9. The minimum Gasteiger partial charge on any atom is -0.310 e. The Labute approximate surface area is 201 Å². The number of aromatic nitrogens is 1. The largest absolute Gasteiger partial charge is 0.310 e. The number of pyridine rings is 1. The quantitative estimate of drug-likeness (QED) is 0.411. The highest BCUT2D eigenvalue weighted by atomic mass is 19.1. The van der Waals surface area contributed by atoms with Gasteiger partial charge in [-0.05, 0) is 72.6 Å². The van der Waals surface area contributed by atoms with Crippen molar-refractivity contribution in [2.75, 3.05) is 10.2 Å². The Morgan fingerprint density at radius 1 is 0.857 bits per heavy atom. The van der Waals surface area contributed by atoms with Crippen LogP contribution in [0.1, 0.15) is 39.1 Å². The molecule has 5 rings (SSSR count). The van der Waals surface area contributed by atoms with Crippen LogP contribution >= 0.6 is 0 Å². The van der Waals surface area contributed by atoms with Crippen molar-refractivity contribution in [3.8, 4) is 0 Å². The summed E-state index contributed by atoms with van der Waals surface area (Å²) in [7, 11) is 0. The molecular weight excluding hydrogens is 448 g/mol. The van der Waals surface area contributed by atoms with Gasteiger partial charge in [0.05, 0.1) is 12.0 Å². The van der Waals surface area contributed by atoms with Gasteiger partial charge in [-0.3, -0.25) is 14.5 Å². The van der Waals surface area contributed by atoms with E-state index in [0.29, 0.717) is 28.2 Å². The van der Waals surface area contributed by atoms with Crippen LogP contribution in [0.3, 0.4) is 0 Å². The Morgan fingerprint density at radius 2 is 1.51 bits per heavy atom. The van der Waals surface area contributed by atoms with E-state index in [4.69, 9.17) is 0 Å². The number of halogens is 2. The predicted octanol–water partition coefficient (Wildman–Crippen LogP) is 5.79. The summed E-state index contributed by atoms with van der Waals surface area (Å²) in [4.78, 5) is 33.4. The van der Waals surface area contributed by atoms with Crippen molar-refractivity contribution in [2.45, 2.75) is 18.9 Å². The van der Waals surface area contributed by atoms with E-state index >= 15 is 0 Å². The fourth-order valence-corrected chi connectivity index (χ4v) is 4.52. The van der Waals surface area contributed by atoms with E-state index in [2.05, 4.69) is 10.3 Å². The monoisotopic (exact) mass is 469 g/mol. The number of aryl methyl sites for hydroxylation is 1. The van der Waals surface area contributed by atoms with Crippen LogP contribution in [0.2, 0.25) is 0 Å². The van der Waals surface area contributed by atoms with Gasteiger partial charge in [-0.25, -0.2) is 13.8 Å². The first-order valence-electron chi connectivity index (χ1n) is 11.1. The zero-order valence-corrected chi connectivity index (χ0v) is 18.8. The van der Waals surface area contributed by atoms with E-state index in [1.807, 2.05) is 13.0 Å². The highest BCUT2D eigenvalue weighted by Crippen LogP contribution is 2.45. The lowest BCUT2D eigenvalue weighted by molar-refractivity contribution is -0.118. The molecule has 1 aromatic heterocycles. The molecule has 0 unspecified atom stereocenters. The van der Waals surface area contributed by atoms with Gasteiger partial charge in [0, 0.05) is 16.9 Å². The van der Waals surface area contributed by atoms with Gasteiger partial charge in [-0.1, -0.05) is 36.4 Å². The summed E-state index contributed by atoms with van der Waals surface area (Å²) >= 11 is 0. The van der Waals surface area contributed by atoms with Crippen molar-refractivity contribution < 1.29 is 18.4 Å². The standard InChI is InChI=1S/C28H21F2N3O2/c1-17-5-4-8-24(31-17)32-27(34)25-22-6-2-3-7-23(22)28(35)33(21-15-13-20(30)14-16-21)26(25)18-9-11-19(29)12-10-18/h2-16,25-26H,1H3,(H,31,32,34)/t25-,26+/m0/s1. The summed E-state index contributed by atoms with van der Waals surface area (Å²) in [5.74, 6) is -2.05. The number of benzene rings is 3. The maximum Gasteiger partial charge on any atom is 0.259 e. The average molecular weight is 469 g/mol. The van der Waals surface area contributed by atoms with Crippen LogP contribution in [0, 0.1) is 18.6 Å². The molecule has 2 amide bonds. The number of nitrogens with one attached hydrogen (secondary N) is 1. The third-order valence-corrected chi connectivity index (χ3v) is 6.08. The Hall–Kier alpha value is -4.39. The maximum atomic E-state index is 13.8. The van der Waals surface area contributed by atoms with Crippen molar-refractivity contribution in [3.05, 3.63) is 125 Å². The van der Waals surface area contributed by atoms with Crippen LogP contribution in [-0.2, 0) is 4.79 Å². The molecule has 0 aliphatic carbocycles. The molecule has 0 bridgehead atoms. The van der Waals surface area contributed by atoms with Gasteiger partial charge in [0.25, 0.3) is 5.91 Å². The lowest BCUT2D eigenvalue weighted by Crippen LogP contribution is -2.46. The molecule has 174 valence electrons. The molecule has 2 atom stereocenters. The molecule has 1 aliphatic heterocycles. The summed E-state index contributed by atoms with van der Waals surface area (Å²) in [6, 6.07) is 22.6. The van der Waals surface area contributed by atoms with Crippen LogP contribution in [0.4, 0.5) is 20.3 Å². The Bertz CT molecular complexity index is 1400. The number of amides is 2. The summed E-state index contributed by atoms with van der Waals surface area (Å²) in [5, 5.41) is 2.88. The summed E-state index contributed by atoms with van der Waals surface area (Å²) in [6.07, 6.45) is 0. The third kappa shape index (κ3) is 4.28. The molecule has 1 aliphatic rings. The fraction of sp³-hybridized carbons (Fsp3) is 0.107. The van der Waals surface area contributed by atoms with Crippen LogP contribution in [0.25, 0.3) is 0 Å². The van der Waals surface area contributed by atoms with E-state index < -0.39 is 23.6 Å². The van der Waals surface area contributed by atoms with Crippen molar-refractivity contribution in [2.24, 2.45) is 0 Å². The Balaban J connectivity index is 1.69. The molecule has 0 saturated carbocycles.